The number of fused-ring (bicyclic) bond motifs is 2. The van der Waals surface area contributed by atoms with Crippen LogP contribution in [-0.4, -0.2) is 12.8 Å². The standard InChI is InChI=1S/C24H23NO2/c1-16-13-14-18-9-5-12-21(23(18)25-16)26-15-27-24-20-11-6-10-19(22(20)24)17-7-3-2-4-8-17/h2-12,16,24-25H,13-15H2,1H3. The summed E-state index contributed by atoms with van der Waals surface area (Å²) in [6.45, 7) is 2.46. The fourth-order valence-electron chi connectivity index (χ4n) is 4.00. The average molecular weight is 357 g/mol. The van der Waals surface area contributed by atoms with E-state index in [0.29, 0.717) is 6.04 Å². The molecule has 0 spiro atoms. The van der Waals surface area contributed by atoms with Gasteiger partial charge in [-0.2, -0.15) is 0 Å². The van der Waals surface area contributed by atoms with Crippen LogP contribution < -0.4 is 10.1 Å². The summed E-state index contributed by atoms with van der Waals surface area (Å²) in [6, 6.07) is 23.6. The van der Waals surface area contributed by atoms with Crippen molar-refractivity contribution in [3.05, 3.63) is 83.4 Å². The second kappa shape index (κ2) is 6.75. The van der Waals surface area contributed by atoms with Gasteiger partial charge in [-0.1, -0.05) is 60.7 Å². The largest absolute Gasteiger partial charge is 0.465 e. The van der Waals surface area contributed by atoms with Gasteiger partial charge in [0.15, 0.2) is 6.79 Å². The molecule has 3 heteroatoms. The van der Waals surface area contributed by atoms with Crippen LogP contribution in [-0.2, 0) is 11.2 Å². The van der Waals surface area contributed by atoms with Gasteiger partial charge in [-0.05, 0) is 53.6 Å². The number of aryl methyl sites for hydroxylation is 1. The summed E-state index contributed by atoms with van der Waals surface area (Å²) in [5.41, 5.74) is 7.49. The van der Waals surface area contributed by atoms with Crippen LogP contribution in [0.4, 0.5) is 5.69 Å². The van der Waals surface area contributed by atoms with Gasteiger partial charge in [0, 0.05) is 6.04 Å². The monoisotopic (exact) mass is 357 g/mol. The second-order valence-corrected chi connectivity index (χ2v) is 7.36. The summed E-state index contributed by atoms with van der Waals surface area (Å²) in [6.07, 6.45) is 2.30. The van der Waals surface area contributed by atoms with E-state index in [0.717, 1.165) is 24.3 Å². The molecule has 0 amide bonds. The molecule has 0 bridgehead atoms. The Hall–Kier alpha value is -2.78. The van der Waals surface area contributed by atoms with Crippen LogP contribution in [0.3, 0.4) is 0 Å². The molecule has 3 nitrogen and oxygen atoms in total. The fraction of sp³-hybridized carbons (Fsp3) is 0.250. The molecule has 0 aromatic heterocycles. The molecule has 2 unspecified atom stereocenters. The number of hydrogen-bond donors (Lipinski definition) is 1. The highest BCUT2D eigenvalue weighted by Crippen LogP contribution is 2.49. The Balaban J connectivity index is 1.27. The average Bonchev–Trinajstić information content (AvgIpc) is 3.42. The summed E-state index contributed by atoms with van der Waals surface area (Å²) in [5, 5.41) is 3.55. The number of nitrogens with one attached hydrogen (secondary N) is 1. The number of para-hydroxylation sites is 1. The van der Waals surface area contributed by atoms with E-state index < -0.39 is 0 Å². The molecular weight excluding hydrogens is 334 g/mol. The lowest BCUT2D eigenvalue weighted by atomic mass is 9.98. The molecule has 1 heterocycles. The first-order chi connectivity index (χ1) is 13.3. The lowest BCUT2D eigenvalue weighted by Crippen LogP contribution is -2.22. The summed E-state index contributed by atoms with van der Waals surface area (Å²) in [4.78, 5) is 0. The molecule has 1 aliphatic carbocycles. The highest BCUT2D eigenvalue weighted by molar-refractivity contribution is 5.76. The first-order valence-corrected chi connectivity index (χ1v) is 9.62. The van der Waals surface area contributed by atoms with Crippen molar-refractivity contribution in [1.29, 1.82) is 0 Å². The van der Waals surface area contributed by atoms with Gasteiger partial charge in [-0.15, -0.1) is 0 Å². The van der Waals surface area contributed by atoms with Gasteiger partial charge in [-0.3, -0.25) is 0 Å². The second-order valence-electron chi connectivity index (χ2n) is 7.36. The predicted octanol–water partition coefficient (Wildman–Crippen LogP) is 5.56. The summed E-state index contributed by atoms with van der Waals surface area (Å²) in [7, 11) is 0. The molecule has 136 valence electrons. The van der Waals surface area contributed by atoms with Crippen molar-refractivity contribution >= 4 is 5.69 Å². The molecule has 1 aliphatic heterocycles. The SMILES string of the molecule is CC1CCc2cccc(OCOC3c4cccc(-c5ccccc5)c43)c2N1. The maximum atomic E-state index is 6.06. The number of ether oxygens (including phenoxy) is 2. The summed E-state index contributed by atoms with van der Waals surface area (Å²) >= 11 is 0. The Morgan fingerprint density at radius 3 is 2.70 bits per heavy atom. The third-order valence-corrected chi connectivity index (χ3v) is 5.49. The normalized spacial score (nSPS) is 19.6. The Labute approximate surface area is 160 Å². The third kappa shape index (κ3) is 3.08. The molecule has 3 aromatic rings. The van der Waals surface area contributed by atoms with Gasteiger partial charge in [0.2, 0.25) is 0 Å². The van der Waals surface area contributed by atoms with E-state index >= 15 is 0 Å². The van der Waals surface area contributed by atoms with E-state index in [4.69, 9.17) is 9.47 Å². The lowest BCUT2D eigenvalue weighted by Gasteiger charge is -2.26. The van der Waals surface area contributed by atoms with Gasteiger partial charge in [0.1, 0.15) is 11.9 Å². The van der Waals surface area contributed by atoms with Crippen molar-refractivity contribution in [2.45, 2.75) is 31.9 Å². The van der Waals surface area contributed by atoms with Crippen LogP contribution in [0.1, 0.15) is 36.1 Å². The van der Waals surface area contributed by atoms with Gasteiger partial charge >= 0.3 is 0 Å². The smallest absolute Gasteiger partial charge is 0.190 e. The fourth-order valence-corrected chi connectivity index (χ4v) is 4.00. The van der Waals surface area contributed by atoms with E-state index in [1.807, 2.05) is 12.1 Å². The Morgan fingerprint density at radius 2 is 1.81 bits per heavy atom. The maximum absolute atomic E-state index is 6.06. The lowest BCUT2D eigenvalue weighted by molar-refractivity contribution is -0.00142. The molecule has 0 radical (unpaired) electrons. The first-order valence-electron chi connectivity index (χ1n) is 9.62. The molecule has 1 N–H and O–H groups in total. The minimum Gasteiger partial charge on any atom is -0.465 e. The summed E-state index contributed by atoms with van der Waals surface area (Å²) in [5.74, 6) is 0.882. The molecule has 27 heavy (non-hydrogen) atoms. The zero-order chi connectivity index (χ0) is 18.2. The van der Waals surface area contributed by atoms with Crippen molar-refractivity contribution in [3.8, 4) is 16.9 Å². The number of hydrogen-bond acceptors (Lipinski definition) is 3. The Kier molecular flexibility index (Phi) is 4.10. The number of anilines is 1. The van der Waals surface area contributed by atoms with Crippen LogP contribution in [0.25, 0.3) is 11.1 Å². The zero-order valence-corrected chi connectivity index (χ0v) is 15.4. The van der Waals surface area contributed by atoms with E-state index in [1.165, 1.54) is 27.8 Å². The maximum Gasteiger partial charge on any atom is 0.190 e. The van der Waals surface area contributed by atoms with Crippen molar-refractivity contribution in [1.82, 2.24) is 0 Å². The Morgan fingerprint density at radius 1 is 0.963 bits per heavy atom. The molecule has 0 fully saturated rings. The zero-order valence-electron chi connectivity index (χ0n) is 15.4. The molecule has 0 saturated heterocycles. The van der Waals surface area contributed by atoms with E-state index in [1.54, 1.807) is 0 Å². The third-order valence-electron chi connectivity index (χ3n) is 5.49. The highest BCUT2D eigenvalue weighted by Gasteiger charge is 2.36. The van der Waals surface area contributed by atoms with Crippen molar-refractivity contribution in [3.63, 3.8) is 0 Å². The van der Waals surface area contributed by atoms with E-state index in [9.17, 15) is 0 Å². The van der Waals surface area contributed by atoms with Gasteiger partial charge in [0.25, 0.3) is 0 Å². The van der Waals surface area contributed by atoms with Crippen LogP contribution in [0, 0.1) is 0 Å². The Bertz CT molecular complexity index is 967. The predicted molar refractivity (Wildman–Crippen MR) is 108 cm³/mol. The number of benzene rings is 3. The van der Waals surface area contributed by atoms with E-state index in [-0.39, 0.29) is 12.9 Å². The molecule has 2 atom stereocenters. The topological polar surface area (TPSA) is 30.5 Å². The molecule has 0 saturated carbocycles. The van der Waals surface area contributed by atoms with E-state index in [2.05, 4.69) is 66.8 Å². The molecule has 5 rings (SSSR count). The van der Waals surface area contributed by atoms with Gasteiger partial charge < -0.3 is 14.8 Å². The highest BCUT2D eigenvalue weighted by atomic mass is 16.7. The number of rotatable bonds is 5. The van der Waals surface area contributed by atoms with Crippen LogP contribution >= 0.6 is 0 Å². The first kappa shape index (κ1) is 16.4. The molecular formula is C24H23NO2. The molecule has 3 aromatic carbocycles. The quantitative estimate of drug-likeness (QED) is 0.607. The van der Waals surface area contributed by atoms with Crippen molar-refractivity contribution in [2.75, 3.05) is 12.1 Å². The summed E-state index contributed by atoms with van der Waals surface area (Å²) < 4.78 is 12.1. The van der Waals surface area contributed by atoms with Crippen molar-refractivity contribution < 1.29 is 9.47 Å². The van der Waals surface area contributed by atoms with Gasteiger partial charge in [-0.25, -0.2) is 0 Å². The van der Waals surface area contributed by atoms with Crippen LogP contribution in [0.15, 0.2) is 66.7 Å². The minimum absolute atomic E-state index is 0.0432. The minimum atomic E-state index is 0.0432. The van der Waals surface area contributed by atoms with Crippen molar-refractivity contribution in [2.24, 2.45) is 0 Å². The van der Waals surface area contributed by atoms with Gasteiger partial charge in [0.05, 0.1) is 5.69 Å². The molecule has 2 aliphatic rings. The van der Waals surface area contributed by atoms with Crippen LogP contribution in [0.2, 0.25) is 0 Å². The van der Waals surface area contributed by atoms with Crippen LogP contribution in [0.5, 0.6) is 5.75 Å².